The fourth-order valence-electron chi connectivity index (χ4n) is 12.4. The maximum Gasteiger partial charge on any atom is 0.306 e. The summed E-state index contributed by atoms with van der Waals surface area (Å²) < 4.78 is 6.39. The van der Waals surface area contributed by atoms with E-state index in [9.17, 15) is 4.79 Å². The largest absolute Gasteiger partial charge is 0.462 e. The van der Waals surface area contributed by atoms with Gasteiger partial charge in [0.2, 0.25) is 0 Å². The van der Waals surface area contributed by atoms with Crippen LogP contribution in [-0.2, 0) is 9.53 Å². The Labute approximate surface area is 312 Å². The van der Waals surface area contributed by atoms with Crippen LogP contribution >= 0.6 is 0 Å². The van der Waals surface area contributed by atoms with Crippen LogP contribution in [0.5, 0.6) is 0 Å². The van der Waals surface area contributed by atoms with Gasteiger partial charge in [-0.25, -0.2) is 0 Å². The normalized spacial score (nSPS) is 31.8. The minimum atomic E-state index is 0.104. The van der Waals surface area contributed by atoms with Crippen LogP contribution in [0.15, 0.2) is 11.6 Å². The summed E-state index contributed by atoms with van der Waals surface area (Å²) in [5, 5.41) is 0. The number of hydrogen-bond acceptors (Lipinski definition) is 2. The van der Waals surface area contributed by atoms with Crippen molar-refractivity contribution >= 4 is 5.97 Å². The van der Waals surface area contributed by atoms with Gasteiger partial charge >= 0.3 is 5.97 Å². The Morgan fingerprint density at radius 1 is 0.720 bits per heavy atom. The Kier molecular flexibility index (Phi) is 17.8. The second-order valence-corrected chi connectivity index (χ2v) is 19.5. The molecule has 0 N–H and O–H groups in total. The number of rotatable bonds is 24. The molecule has 1 unspecified atom stereocenters. The Bertz CT molecular complexity index is 996. The topological polar surface area (TPSA) is 26.3 Å². The van der Waals surface area contributed by atoms with Crippen molar-refractivity contribution in [3.05, 3.63) is 11.6 Å². The molecule has 2 heteroatoms. The lowest BCUT2D eigenvalue weighted by Gasteiger charge is -2.58. The van der Waals surface area contributed by atoms with E-state index in [2.05, 4.69) is 54.5 Å². The van der Waals surface area contributed by atoms with Crippen LogP contribution in [0.25, 0.3) is 0 Å². The van der Waals surface area contributed by atoms with E-state index in [4.69, 9.17) is 4.74 Å². The number of allylic oxidation sites excluding steroid dienone is 1. The summed E-state index contributed by atoms with van der Waals surface area (Å²) in [5.41, 5.74) is 2.53. The first kappa shape index (κ1) is 42.0. The minimum absolute atomic E-state index is 0.104. The van der Waals surface area contributed by atoms with Gasteiger partial charge in [0.25, 0.3) is 0 Å². The van der Waals surface area contributed by atoms with E-state index in [1.807, 2.05) is 0 Å². The van der Waals surface area contributed by atoms with Gasteiger partial charge in [-0.3, -0.25) is 4.79 Å². The van der Waals surface area contributed by atoms with Gasteiger partial charge in [-0.2, -0.15) is 0 Å². The molecule has 3 saturated carbocycles. The molecule has 50 heavy (non-hydrogen) atoms. The number of fused-ring (bicyclic) bond motifs is 5. The van der Waals surface area contributed by atoms with E-state index in [1.54, 1.807) is 5.57 Å². The third-order valence-corrected chi connectivity index (χ3v) is 15.4. The highest BCUT2D eigenvalue weighted by molar-refractivity contribution is 5.70. The van der Waals surface area contributed by atoms with Gasteiger partial charge in [-0.05, 0) is 110 Å². The van der Waals surface area contributed by atoms with Crippen molar-refractivity contribution in [2.75, 3.05) is 0 Å². The molecule has 0 aromatic rings. The van der Waals surface area contributed by atoms with Gasteiger partial charge in [0.1, 0.15) is 6.10 Å². The zero-order chi connectivity index (χ0) is 36.0. The average Bonchev–Trinajstić information content (AvgIpc) is 3.44. The molecule has 3 fully saturated rings. The summed E-state index contributed by atoms with van der Waals surface area (Å²) in [4.78, 5) is 13.5. The van der Waals surface area contributed by atoms with Gasteiger partial charge in [-0.15, -0.1) is 0 Å². The van der Waals surface area contributed by atoms with E-state index in [1.165, 1.54) is 161 Å². The summed E-state index contributed by atoms with van der Waals surface area (Å²) in [6.07, 6.45) is 39.4. The fourth-order valence-corrected chi connectivity index (χ4v) is 12.4. The van der Waals surface area contributed by atoms with Crippen molar-refractivity contribution in [3.63, 3.8) is 0 Å². The third kappa shape index (κ3) is 11.6. The maximum absolute atomic E-state index is 13.5. The van der Waals surface area contributed by atoms with Crippen LogP contribution in [0.1, 0.15) is 228 Å². The number of carbonyl (C=O) groups excluding carboxylic acids is 1. The van der Waals surface area contributed by atoms with Gasteiger partial charge in [0.15, 0.2) is 0 Å². The molecule has 290 valence electrons. The third-order valence-electron chi connectivity index (χ3n) is 15.4. The lowest BCUT2D eigenvalue weighted by molar-refractivity contribution is -0.152. The number of ether oxygens (including phenoxy) is 1. The van der Waals surface area contributed by atoms with Crippen LogP contribution in [-0.4, -0.2) is 12.1 Å². The molecular formula is C48H86O2. The van der Waals surface area contributed by atoms with E-state index in [-0.39, 0.29) is 12.1 Å². The summed E-state index contributed by atoms with van der Waals surface area (Å²) in [6.45, 7) is 17.3. The molecule has 4 aliphatic rings. The summed E-state index contributed by atoms with van der Waals surface area (Å²) in [6, 6.07) is 0. The first-order chi connectivity index (χ1) is 24.1. The molecule has 0 aromatic heterocycles. The van der Waals surface area contributed by atoms with Gasteiger partial charge in [0.05, 0.1) is 0 Å². The van der Waals surface area contributed by atoms with Crippen molar-refractivity contribution in [1.82, 2.24) is 0 Å². The molecule has 0 amide bonds. The smallest absolute Gasteiger partial charge is 0.306 e. The Balaban J connectivity index is 1.27. The predicted molar refractivity (Wildman–Crippen MR) is 216 cm³/mol. The first-order valence-electron chi connectivity index (χ1n) is 23.0. The lowest BCUT2D eigenvalue weighted by Crippen LogP contribution is -2.51. The molecule has 2 nitrogen and oxygen atoms in total. The maximum atomic E-state index is 13.5. The first-order valence-corrected chi connectivity index (χ1v) is 23.0. The van der Waals surface area contributed by atoms with Crippen molar-refractivity contribution in [1.29, 1.82) is 0 Å². The molecule has 4 aliphatic carbocycles. The van der Waals surface area contributed by atoms with Gasteiger partial charge < -0.3 is 4.74 Å². The van der Waals surface area contributed by atoms with Gasteiger partial charge in [-0.1, -0.05) is 169 Å². The molecular weight excluding hydrogens is 609 g/mol. The van der Waals surface area contributed by atoms with Crippen LogP contribution in [0.2, 0.25) is 0 Å². The van der Waals surface area contributed by atoms with Gasteiger partial charge in [0, 0.05) is 12.8 Å². The highest BCUT2D eigenvalue weighted by atomic mass is 16.5. The zero-order valence-electron chi connectivity index (χ0n) is 34.8. The molecule has 0 bridgehead atoms. The summed E-state index contributed by atoms with van der Waals surface area (Å²) in [5.74, 6) is 5.88. The quantitative estimate of drug-likeness (QED) is 0.0571. The predicted octanol–water partition coefficient (Wildman–Crippen LogP) is 15.2. The molecule has 0 spiro atoms. The van der Waals surface area contributed by atoms with Crippen molar-refractivity contribution in [2.24, 2.45) is 52.3 Å². The Morgan fingerprint density at radius 3 is 1.96 bits per heavy atom. The van der Waals surface area contributed by atoms with Crippen molar-refractivity contribution in [3.8, 4) is 0 Å². The standard InChI is InChI=1S/C48H86O2/c1-8-10-12-14-16-17-19-21-26-39(25-20-18-15-13-11-9-2)35-46(49)50-41-31-33-47(6)40(36-41)27-28-42-44-30-29-43(38(5)24-22-23-37(3)4)48(44,7)34-32-45(42)47/h27,37-39,41-45H,8-26,28-36H2,1-7H3/t38-,39?,41+,42+,43-,44+,45+,47+,48-/m1/s1. The molecule has 0 heterocycles. The monoisotopic (exact) mass is 695 g/mol. The molecule has 9 atom stereocenters. The molecule has 0 aromatic carbocycles. The van der Waals surface area contributed by atoms with E-state index in [0.29, 0.717) is 23.2 Å². The van der Waals surface area contributed by atoms with Crippen LogP contribution in [0.4, 0.5) is 0 Å². The number of hydrogen-bond donors (Lipinski definition) is 0. The Hall–Kier alpha value is -0.790. The highest BCUT2D eigenvalue weighted by Gasteiger charge is 2.59. The number of unbranched alkanes of at least 4 members (excludes halogenated alkanes) is 12. The number of carbonyl (C=O) groups is 1. The summed E-state index contributed by atoms with van der Waals surface area (Å²) >= 11 is 0. The second kappa shape index (κ2) is 21.2. The van der Waals surface area contributed by atoms with Crippen LogP contribution in [0.3, 0.4) is 0 Å². The molecule has 0 aliphatic heterocycles. The second-order valence-electron chi connectivity index (χ2n) is 19.5. The van der Waals surface area contributed by atoms with Crippen LogP contribution < -0.4 is 0 Å². The van der Waals surface area contributed by atoms with E-state index >= 15 is 0 Å². The SMILES string of the molecule is CCCCCCCCCCC(CCCCCCCC)CC(=O)O[C@H]1CC[C@@]2(C)C(=CC[C@H]3[C@@H]4CC[C@H]([C@H](C)CCCC(C)C)[C@@]4(C)CC[C@@H]32)C1. The van der Waals surface area contributed by atoms with E-state index in [0.717, 1.165) is 48.3 Å². The van der Waals surface area contributed by atoms with Crippen molar-refractivity contribution < 1.29 is 9.53 Å². The highest BCUT2D eigenvalue weighted by Crippen LogP contribution is 2.67. The minimum Gasteiger partial charge on any atom is -0.462 e. The van der Waals surface area contributed by atoms with Crippen molar-refractivity contribution in [2.45, 2.75) is 234 Å². The fraction of sp³-hybridized carbons (Fsp3) is 0.938. The summed E-state index contributed by atoms with van der Waals surface area (Å²) in [7, 11) is 0. The number of esters is 1. The van der Waals surface area contributed by atoms with E-state index < -0.39 is 0 Å². The lowest BCUT2D eigenvalue weighted by atomic mass is 9.47. The molecule has 0 radical (unpaired) electrons. The molecule has 4 rings (SSSR count). The zero-order valence-corrected chi connectivity index (χ0v) is 34.8. The average molecular weight is 695 g/mol. The Morgan fingerprint density at radius 2 is 1.34 bits per heavy atom. The molecule has 0 saturated heterocycles. The van der Waals surface area contributed by atoms with Crippen LogP contribution in [0, 0.1) is 52.3 Å².